The van der Waals surface area contributed by atoms with Crippen LogP contribution in [0.25, 0.3) is 10.8 Å². The molecule has 0 aliphatic carbocycles. The van der Waals surface area contributed by atoms with Gasteiger partial charge in [0.1, 0.15) is 4.21 Å². The lowest BCUT2D eigenvalue weighted by molar-refractivity contribution is 0.603. The van der Waals surface area contributed by atoms with E-state index in [4.69, 9.17) is 0 Å². The summed E-state index contributed by atoms with van der Waals surface area (Å²) in [5.74, 6) is 0. The first-order valence-corrected chi connectivity index (χ1v) is 9.80. The van der Waals surface area contributed by atoms with E-state index >= 15 is 0 Å². The minimum atomic E-state index is -3.54. The fourth-order valence-electron chi connectivity index (χ4n) is 1.93. The maximum atomic E-state index is 12.3. The number of anilines is 1. The van der Waals surface area contributed by atoms with Gasteiger partial charge in [-0.1, -0.05) is 28.1 Å². The molecule has 0 spiro atoms. The molecule has 7 heteroatoms. The van der Waals surface area contributed by atoms with Gasteiger partial charge in [0, 0.05) is 10.2 Å². The normalized spacial score (nSPS) is 11.7. The molecule has 0 unspecified atom stereocenters. The van der Waals surface area contributed by atoms with Crippen molar-refractivity contribution in [3.05, 3.63) is 56.8 Å². The molecular formula is C14H9Br2NO2S2. The standard InChI is InChI=1S/C14H9Br2NO2S2/c15-11-3-1-10-8-12(4-2-9(10)7-11)17-21(18,19)14-6-5-13(16)20-14/h1-8,17H. The van der Waals surface area contributed by atoms with Gasteiger partial charge < -0.3 is 0 Å². The molecule has 0 aliphatic heterocycles. The second-order valence-corrected chi connectivity index (χ2v) is 9.66. The Balaban J connectivity index is 1.96. The Morgan fingerprint density at radius 1 is 0.905 bits per heavy atom. The molecule has 0 amide bonds. The molecule has 21 heavy (non-hydrogen) atoms. The molecule has 2 aromatic carbocycles. The smallest absolute Gasteiger partial charge is 0.271 e. The zero-order chi connectivity index (χ0) is 15.0. The van der Waals surface area contributed by atoms with E-state index in [1.54, 1.807) is 18.2 Å². The van der Waals surface area contributed by atoms with E-state index in [0.29, 0.717) is 5.69 Å². The maximum Gasteiger partial charge on any atom is 0.271 e. The Morgan fingerprint density at radius 2 is 1.62 bits per heavy atom. The van der Waals surface area contributed by atoms with Crippen molar-refractivity contribution in [2.24, 2.45) is 0 Å². The van der Waals surface area contributed by atoms with E-state index in [9.17, 15) is 8.42 Å². The number of sulfonamides is 1. The van der Waals surface area contributed by atoms with Crippen LogP contribution in [0.5, 0.6) is 0 Å². The van der Waals surface area contributed by atoms with Crippen molar-refractivity contribution in [3.8, 4) is 0 Å². The summed E-state index contributed by atoms with van der Waals surface area (Å²) in [6, 6.07) is 14.6. The quantitative estimate of drug-likeness (QED) is 0.598. The molecule has 0 radical (unpaired) electrons. The van der Waals surface area contributed by atoms with Gasteiger partial charge in [-0.15, -0.1) is 11.3 Å². The molecule has 0 saturated heterocycles. The van der Waals surface area contributed by atoms with E-state index in [0.717, 1.165) is 19.0 Å². The summed E-state index contributed by atoms with van der Waals surface area (Å²) < 4.78 is 29.2. The zero-order valence-electron chi connectivity index (χ0n) is 10.5. The third-order valence-electron chi connectivity index (χ3n) is 2.87. The summed E-state index contributed by atoms with van der Waals surface area (Å²) in [5, 5.41) is 2.02. The molecule has 3 aromatic rings. The molecule has 1 aromatic heterocycles. The van der Waals surface area contributed by atoms with E-state index in [2.05, 4.69) is 36.6 Å². The topological polar surface area (TPSA) is 46.2 Å². The monoisotopic (exact) mass is 445 g/mol. The average Bonchev–Trinajstić information content (AvgIpc) is 2.86. The van der Waals surface area contributed by atoms with Crippen LogP contribution in [-0.4, -0.2) is 8.42 Å². The Morgan fingerprint density at radius 3 is 2.33 bits per heavy atom. The van der Waals surface area contributed by atoms with Gasteiger partial charge in [-0.3, -0.25) is 4.72 Å². The minimum absolute atomic E-state index is 0.283. The Kier molecular flexibility index (Phi) is 4.09. The second-order valence-electron chi connectivity index (χ2n) is 4.37. The van der Waals surface area contributed by atoms with Crippen LogP contribution in [0.15, 0.2) is 61.0 Å². The van der Waals surface area contributed by atoms with Gasteiger partial charge in [0.25, 0.3) is 10.0 Å². The number of thiophene rings is 1. The van der Waals surface area contributed by atoms with Crippen molar-refractivity contribution in [3.63, 3.8) is 0 Å². The number of nitrogens with one attached hydrogen (secondary N) is 1. The summed E-state index contributed by atoms with van der Waals surface area (Å²) in [7, 11) is -3.54. The van der Waals surface area contributed by atoms with Gasteiger partial charge in [-0.2, -0.15) is 0 Å². The number of fused-ring (bicyclic) bond motifs is 1. The SMILES string of the molecule is O=S(=O)(Nc1ccc2cc(Br)ccc2c1)c1ccc(Br)s1. The highest BCUT2D eigenvalue weighted by molar-refractivity contribution is 9.11. The Bertz CT molecular complexity index is 920. The molecule has 3 rings (SSSR count). The second kappa shape index (κ2) is 5.72. The van der Waals surface area contributed by atoms with Crippen molar-refractivity contribution >= 4 is 69.7 Å². The van der Waals surface area contributed by atoms with Gasteiger partial charge in [0.05, 0.1) is 3.79 Å². The van der Waals surface area contributed by atoms with Crippen LogP contribution in [0.2, 0.25) is 0 Å². The van der Waals surface area contributed by atoms with Gasteiger partial charge >= 0.3 is 0 Å². The molecule has 0 aliphatic rings. The van der Waals surface area contributed by atoms with Crippen molar-refractivity contribution in [1.82, 2.24) is 0 Å². The van der Waals surface area contributed by atoms with Crippen LogP contribution in [0.1, 0.15) is 0 Å². The lowest BCUT2D eigenvalue weighted by Gasteiger charge is -2.07. The number of benzene rings is 2. The van der Waals surface area contributed by atoms with Gasteiger partial charge in [0.15, 0.2) is 0 Å². The van der Waals surface area contributed by atoms with Crippen LogP contribution in [-0.2, 0) is 10.0 Å². The maximum absolute atomic E-state index is 12.3. The molecule has 3 nitrogen and oxygen atoms in total. The molecule has 108 valence electrons. The molecule has 1 N–H and O–H groups in total. The first-order valence-electron chi connectivity index (χ1n) is 5.91. The molecule has 0 atom stereocenters. The predicted molar refractivity (Wildman–Crippen MR) is 94.5 cm³/mol. The lowest BCUT2D eigenvalue weighted by Crippen LogP contribution is -2.11. The molecule has 0 fully saturated rings. The fraction of sp³-hybridized carbons (Fsp3) is 0. The van der Waals surface area contributed by atoms with E-state index in [1.165, 1.54) is 11.3 Å². The number of hydrogen-bond donors (Lipinski definition) is 1. The largest absolute Gasteiger partial charge is 0.279 e. The van der Waals surface area contributed by atoms with Crippen LogP contribution in [0.3, 0.4) is 0 Å². The van der Waals surface area contributed by atoms with Crippen LogP contribution < -0.4 is 4.72 Å². The number of hydrogen-bond acceptors (Lipinski definition) is 3. The minimum Gasteiger partial charge on any atom is -0.279 e. The van der Waals surface area contributed by atoms with Crippen LogP contribution in [0, 0.1) is 0 Å². The van der Waals surface area contributed by atoms with Crippen LogP contribution in [0.4, 0.5) is 5.69 Å². The van der Waals surface area contributed by atoms with Gasteiger partial charge in [-0.25, -0.2) is 8.42 Å². The summed E-state index contributed by atoms with van der Waals surface area (Å²) in [6.45, 7) is 0. The Labute approximate surface area is 143 Å². The van der Waals surface area contributed by atoms with Crippen LogP contribution >= 0.6 is 43.2 Å². The summed E-state index contributed by atoms with van der Waals surface area (Å²) in [6.07, 6.45) is 0. The molecule has 0 bridgehead atoms. The third-order valence-corrected chi connectivity index (χ3v) is 6.86. The highest BCUT2D eigenvalue weighted by Crippen LogP contribution is 2.29. The third kappa shape index (κ3) is 3.31. The van der Waals surface area contributed by atoms with E-state index < -0.39 is 10.0 Å². The summed E-state index contributed by atoms with van der Waals surface area (Å²) in [5.41, 5.74) is 0.550. The highest BCUT2D eigenvalue weighted by atomic mass is 79.9. The van der Waals surface area contributed by atoms with Crippen molar-refractivity contribution in [2.75, 3.05) is 4.72 Å². The van der Waals surface area contributed by atoms with Gasteiger partial charge in [0.2, 0.25) is 0 Å². The fourth-order valence-corrected chi connectivity index (χ4v) is 5.37. The lowest BCUT2D eigenvalue weighted by atomic mass is 10.1. The van der Waals surface area contributed by atoms with Crippen molar-refractivity contribution in [2.45, 2.75) is 4.21 Å². The molecule has 0 saturated carbocycles. The first kappa shape index (κ1) is 15.0. The van der Waals surface area contributed by atoms with Crippen molar-refractivity contribution in [1.29, 1.82) is 0 Å². The highest BCUT2D eigenvalue weighted by Gasteiger charge is 2.16. The van der Waals surface area contributed by atoms with Crippen molar-refractivity contribution < 1.29 is 8.42 Å². The predicted octanol–water partition coefficient (Wildman–Crippen LogP) is 5.23. The van der Waals surface area contributed by atoms with Gasteiger partial charge in [-0.05, 0) is 63.1 Å². The summed E-state index contributed by atoms with van der Waals surface area (Å²) >= 11 is 7.87. The summed E-state index contributed by atoms with van der Waals surface area (Å²) in [4.78, 5) is 0. The molecular weight excluding hydrogens is 438 g/mol. The average molecular weight is 447 g/mol. The van der Waals surface area contributed by atoms with E-state index in [-0.39, 0.29) is 4.21 Å². The number of rotatable bonds is 3. The van der Waals surface area contributed by atoms with E-state index in [1.807, 2.05) is 30.3 Å². The zero-order valence-corrected chi connectivity index (χ0v) is 15.3. The number of halogens is 2. The Hall–Kier alpha value is -0.890. The first-order chi connectivity index (χ1) is 9.94. The molecule has 1 heterocycles.